The molecule has 0 bridgehead atoms. The van der Waals surface area contributed by atoms with Crippen LogP contribution in [0.2, 0.25) is 0 Å². The lowest BCUT2D eigenvalue weighted by Gasteiger charge is -2.17. The monoisotopic (exact) mass is 309 g/mol. The third kappa shape index (κ3) is 6.53. The highest BCUT2D eigenvalue weighted by atomic mass is 16.6. The number of esters is 1. The molecule has 0 unspecified atom stereocenters. The Hall–Kier alpha value is -2.15. The predicted molar refractivity (Wildman–Crippen MR) is 81.0 cm³/mol. The maximum Gasteiger partial charge on any atom is 0.321 e. The van der Waals surface area contributed by atoms with Gasteiger partial charge in [0.25, 0.3) is 5.69 Å². The molecule has 0 aliphatic carbocycles. The minimum Gasteiger partial charge on any atom is -0.490 e. The Morgan fingerprint density at radius 1 is 1.32 bits per heavy atom. The van der Waals surface area contributed by atoms with E-state index in [-0.39, 0.29) is 31.0 Å². The summed E-state index contributed by atoms with van der Waals surface area (Å²) in [5.74, 6) is -0.0545. The summed E-state index contributed by atoms with van der Waals surface area (Å²) in [6, 6.07) is 4.60. The Morgan fingerprint density at radius 2 is 2.00 bits per heavy atom. The third-order valence-electron chi connectivity index (χ3n) is 2.67. The van der Waals surface area contributed by atoms with Crippen LogP contribution in [0.3, 0.4) is 0 Å². The van der Waals surface area contributed by atoms with Crippen molar-refractivity contribution in [3.8, 4) is 5.75 Å². The largest absolute Gasteiger partial charge is 0.490 e. The number of carbonyl (C=O) groups is 1. The normalized spacial score (nSPS) is 11.1. The van der Waals surface area contributed by atoms with Crippen LogP contribution < -0.4 is 10.1 Å². The van der Waals surface area contributed by atoms with Crippen LogP contribution in [0.25, 0.3) is 0 Å². The van der Waals surface area contributed by atoms with Crippen molar-refractivity contribution in [2.75, 3.05) is 19.8 Å². The highest BCUT2D eigenvalue weighted by molar-refractivity contribution is 5.71. The molecule has 0 spiro atoms. The second-order valence-corrected chi connectivity index (χ2v) is 5.76. The van der Waals surface area contributed by atoms with Crippen LogP contribution in [0.5, 0.6) is 5.75 Å². The van der Waals surface area contributed by atoms with Gasteiger partial charge in [-0.05, 0) is 39.8 Å². The Bertz CT molecular complexity index is 537. The van der Waals surface area contributed by atoms with E-state index in [1.165, 1.54) is 6.07 Å². The summed E-state index contributed by atoms with van der Waals surface area (Å²) in [5, 5.41) is 15.0. The van der Waals surface area contributed by atoms with Gasteiger partial charge in [-0.25, -0.2) is 5.32 Å². The van der Waals surface area contributed by atoms with Crippen molar-refractivity contribution in [1.29, 1.82) is 0 Å². The lowest BCUT2D eigenvalue weighted by Crippen LogP contribution is -2.34. The molecule has 1 aromatic carbocycles. The second-order valence-electron chi connectivity index (χ2n) is 5.76. The number of hydrogen-bond acceptors (Lipinski definition) is 5. The van der Waals surface area contributed by atoms with Crippen molar-refractivity contribution in [3.05, 3.63) is 33.9 Å². The van der Waals surface area contributed by atoms with Gasteiger partial charge in [0.15, 0.2) is 0 Å². The molecule has 0 saturated heterocycles. The number of carbonyl (C=O) groups excluding carboxylic acids is 1. The summed E-state index contributed by atoms with van der Waals surface area (Å²) in [6.07, 6.45) is 0. The van der Waals surface area contributed by atoms with Crippen molar-refractivity contribution in [1.82, 2.24) is 5.32 Å². The van der Waals surface area contributed by atoms with E-state index in [0.717, 1.165) is 0 Å². The van der Waals surface area contributed by atoms with Gasteiger partial charge in [0, 0.05) is 11.1 Å². The lowest BCUT2D eigenvalue weighted by atomic mass is 10.1. The molecule has 1 radical (unpaired) electrons. The van der Waals surface area contributed by atoms with Crippen LogP contribution in [0.4, 0.5) is 5.69 Å². The first-order valence-corrected chi connectivity index (χ1v) is 6.91. The van der Waals surface area contributed by atoms with Crippen LogP contribution in [-0.2, 0) is 9.53 Å². The molecule has 0 aromatic heterocycles. The highest BCUT2D eigenvalue weighted by Crippen LogP contribution is 2.23. The molecule has 0 saturated carbocycles. The summed E-state index contributed by atoms with van der Waals surface area (Å²) >= 11 is 0. The van der Waals surface area contributed by atoms with Crippen molar-refractivity contribution in [2.45, 2.75) is 33.2 Å². The maximum atomic E-state index is 11.4. The second kappa shape index (κ2) is 7.74. The van der Waals surface area contributed by atoms with E-state index < -0.39 is 10.9 Å². The van der Waals surface area contributed by atoms with Crippen molar-refractivity contribution >= 4 is 11.7 Å². The van der Waals surface area contributed by atoms with Gasteiger partial charge in [0.2, 0.25) is 0 Å². The average Bonchev–Trinajstić information content (AvgIpc) is 2.42. The Kier molecular flexibility index (Phi) is 6.30. The molecule has 7 heteroatoms. The summed E-state index contributed by atoms with van der Waals surface area (Å²) < 4.78 is 10.3. The van der Waals surface area contributed by atoms with Gasteiger partial charge in [0.05, 0.1) is 11.0 Å². The standard InChI is InChI=1S/C15H21N2O5/c1-11-5-6-12(9-13(11)17(19)20)21-7-8-22-14(18)10-16-15(2,3)4/h5-6,9H,7-8,10H2,1-4H3. The number of ether oxygens (including phenoxy) is 2. The summed E-state index contributed by atoms with van der Waals surface area (Å²) in [7, 11) is 0. The molecule has 22 heavy (non-hydrogen) atoms. The fourth-order valence-corrected chi connectivity index (χ4v) is 1.54. The van der Waals surface area contributed by atoms with E-state index in [9.17, 15) is 14.9 Å². The molecule has 121 valence electrons. The van der Waals surface area contributed by atoms with E-state index in [2.05, 4.69) is 5.32 Å². The van der Waals surface area contributed by atoms with Crippen LogP contribution in [0, 0.1) is 17.0 Å². The zero-order chi connectivity index (χ0) is 16.8. The van der Waals surface area contributed by atoms with Gasteiger partial charge in [-0.15, -0.1) is 0 Å². The first-order chi connectivity index (χ1) is 10.2. The molecule has 0 N–H and O–H groups in total. The van der Waals surface area contributed by atoms with Crippen LogP contribution in [0.15, 0.2) is 18.2 Å². The summed E-state index contributed by atoms with van der Waals surface area (Å²) in [5.41, 5.74) is 0.280. The van der Waals surface area contributed by atoms with Gasteiger partial charge >= 0.3 is 5.97 Å². The van der Waals surface area contributed by atoms with Crippen molar-refractivity contribution in [3.63, 3.8) is 0 Å². The third-order valence-corrected chi connectivity index (χ3v) is 2.67. The number of nitro benzene ring substituents is 1. The molecule has 0 atom stereocenters. The molecule has 0 aliphatic rings. The molecule has 0 amide bonds. The van der Waals surface area contributed by atoms with E-state index >= 15 is 0 Å². The molecule has 7 nitrogen and oxygen atoms in total. The highest BCUT2D eigenvalue weighted by Gasteiger charge is 2.14. The summed E-state index contributed by atoms with van der Waals surface area (Å²) in [6.45, 7) is 7.54. The SMILES string of the molecule is Cc1ccc(OCCOC(=O)C[N]C(C)(C)C)cc1[N+](=O)[O-]. The first-order valence-electron chi connectivity index (χ1n) is 6.91. The van der Waals surface area contributed by atoms with Gasteiger partial charge in [-0.3, -0.25) is 14.9 Å². The zero-order valence-corrected chi connectivity index (χ0v) is 13.3. The molecule has 1 aromatic rings. The Labute approximate surface area is 129 Å². The maximum absolute atomic E-state index is 11.4. The molecule has 0 fully saturated rings. The predicted octanol–water partition coefficient (Wildman–Crippen LogP) is 2.23. The Balaban J connectivity index is 2.34. The van der Waals surface area contributed by atoms with Gasteiger partial charge in [0.1, 0.15) is 25.5 Å². The van der Waals surface area contributed by atoms with Crippen molar-refractivity contribution < 1.29 is 19.2 Å². The fourth-order valence-electron chi connectivity index (χ4n) is 1.54. The zero-order valence-electron chi connectivity index (χ0n) is 13.3. The number of benzene rings is 1. The fraction of sp³-hybridized carbons (Fsp3) is 0.533. The number of nitrogens with zero attached hydrogens (tertiary/aromatic N) is 2. The van der Waals surface area contributed by atoms with Crippen molar-refractivity contribution in [2.24, 2.45) is 0 Å². The van der Waals surface area contributed by atoms with Gasteiger partial charge in [-0.1, -0.05) is 0 Å². The average molecular weight is 309 g/mol. The lowest BCUT2D eigenvalue weighted by molar-refractivity contribution is -0.385. The number of nitro groups is 1. The number of hydrogen-bond donors (Lipinski definition) is 0. The van der Waals surface area contributed by atoms with E-state index in [1.54, 1.807) is 19.1 Å². The smallest absolute Gasteiger partial charge is 0.321 e. The Morgan fingerprint density at radius 3 is 2.59 bits per heavy atom. The van der Waals surface area contributed by atoms with Crippen LogP contribution >= 0.6 is 0 Å². The topological polar surface area (TPSA) is 92.8 Å². The molecular formula is C15H21N2O5. The molecular weight excluding hydrogens is 288 g/mol. The van der Waals surface area contributed by atoms with E-state index in [0.29, 0.717) is 11.3 Å². The van der Waals surface area contributed by atoms with Crippen LogP contribution in [-0.4, -0.2) is 36.2 Å². The first kappa shape index (κ1) is 17.9. The molecule has 1 rings (SSSR count). The van der Waals surface area contributed by atoms with E-state index in [4.69, 9.17) is 9.47 Å². The van der Waals surface area contributed by atoms with E-state index in [1.807, 2.05) is 20.8 Å². The number of rotatable bonds is 7. The number of aryl methyl sites for hydroxylation is 1. The summed E-state index contributed by atoms with van der Waals surface area (Å²) in [4.78, 5) is 21.8. The molecule has 0 heterocycles. The van der Waals surface area contributed by atoms with Gasteiger partial charge in [-0.2, -0.15) is 0 Å². The molecule has 0 aliphatic heterocycles. The minimum absolute atomic E-state index is 0.000493. The van der Waals surface area contributed by atoms with Crippen LogP contribution in [0.1, 0.15) is 26.3 Å². The van der Waals surface area contributed by atoms with Gasteiger partial charge < -0.3 is 9.47 Å². The minimum atomic E-state index is -0.462. The quantitative estimate of drug-likeness (QED) is 0.333.